The van der Waals surface area contributed by atoms with Gasteiger partial charge < -0.3 is 0 Å². The third kappa shape index (κ3) is 3.96. The predicted molar refractivity (Wildman–Crippen MR) is 108 cm³/mol. The van der Waals surface area contributed by atoms with Crippen LogP contribution in [0.2, 0.25) is 0 Å². The summed E-state index contributed by atoms with van der Waals surface area (Å²) in [5.74, 6) is 0. The number of aryl methyl sites for hydroxylation is 5. The number of thiophene rings is 1. The molecule has 3 aromatic rings. The zero-order chi connectivity index (χ0) is 17.1. The summed E-state index contributed by atoms with van der Waals surface area (Å²) in [6.07, 6.45) is 4.42. The Morgan fingerprint density at radius 1 is 0.958 bits per heavy atom. The first-order valence-corrected chi connectivity index (χ1v) is 9.60. The summed E-state index contributed by atoms with van der Waals surface area (Å²) in [7, 11) is 0. The molecule has 124 valence electrons. The lowest BCUT2D eigenvalue weighted by molar-refractivity contribution is 0.948. The van der Waals surface area contributed by atoms with Crippen LogP contribution in [0.4, 0.5) is 0 Å². The summed E-state index contributed by atoms with van der Waals surface area (Å²) in [5, 5.41) is 3.75. The largest absolute Gasteiger partial charge is 0.144 e. The molecule has 0 nitrogen and oxygen atoms in total. The van der Waals surface area contributed by atoms with E-state index in [-0.39, 0.29) is 0 Å². The lowest BCUT2D eigenvalue weighted by atomic mass is 9.98. The van der Waals surface area contributed by atoms with Gasteiger partial charge in [0.25, 0.3) is 0 Å². The maximum atomic E-state index is 4.02. The Hall–Kier alpha value is -1.86. The summed E-state index contributed by atoms with van der Waals surface area (Å²) in [6.45, 7) is 10.5. The van der Waals surface area contributed by atoms with Crippen LogP contribution in [-0.4, -0.2) is 0 Å². The number of fused-ring (bicyclic) bond motifs is 1. The highest BCUT2D eigenvalue weighted by Gasteiger charge is 2.06. The molecule has 1 heteroatoms. The van der Waals surface area contributed by atoms with Gasteiger partial charge in [-0.3, -0.25) is 0 Å². The van der Waals surface area contributed by atoms with Crippen LogP contribution in [0.15, 0.2) is 53.9 Å². The van der Waals surface area contributed by atoms with Crippen molar-refractivity contribution in [1.82, 2.24) is 0 Å². The van der Waals surface area contributed by atoms with Gasteiger partial charge in [-0.1, -0.05) is 41.5 Å². The Morgan fingerprint density at radius 2 is 1.79 bits per heavy atom. The van der Waals surface area contributed by atoms with E-state index in [4.69, 9.17) is 0 Å². The third-order valence-electron chi connectivity index (χ3n) is 4.72. The van der Waals surface area contributed by atoms with Gasteiger partial charge in [0.05, 0.1) is 0 Å². The molecular weight excluding hydrogens is 308 g/mol. The smallest absolute Gasteiger partial charge is 0.0348 e. The van der Waals surface area contributed by atoms with Crippen molar-refractivity contribution in [2.24, 2.45) is 0 Å². The van der Waals surface area contributed by atoms with Crippen LogP contribution in [0.25, 0.3) is 10.1 Å². The van der Waals surface area contributed by atoms with Gasteiger partial charge in [-0.15, -0.1) is 17.9 Å². The van der Waals surface area contributed by atoms with Crippen molar-refractivity contribution < 1.29 is 0 Å². The van der Waals surface area contributed by atoms with E-state index in [0.717, 1.165) is 25.7 Å². The topological polar surface area (TPSA) is 0 Å². The molecule has 0 N–H and O–H groups in total. The summed E-state index contributed by atoms with van der Waals surface area (Å²) >= 11 is 1.88. The fraction of sp³-hybridized carbons (Fsp3) is 0.304. The second-order valence-corrected chi connectivity index (χ2v) is 7.89. The van der Waals surface area contributed by atoms with Crippen molar-refractivity contribution in [3.8, 4) is 0 Å². The zero-order valence-electron chi connectivity index (χ0n) is 15.0. The highest BCUT2D eigenvalue weighted by atomic mass is 32.1. The first-order chi connectivity index (χ1) is 11.5. The number of allylic oxidation sites excluding steroid dienone is 1. The quantitative estimate of drug-likeness (QED) is 0.434. The van der Waals surface area contributed by atoms with Crippen molar-refractivity contribution in [2.45, 2.75) is 46.5 Å². The molecule has 0 saturated carbocycles. The van der Waals surface area contributed by atoms with Crippen molar-refractivity contribution in [1.29, 1.82) is 0 Å². The van der Waals surface area contributed by atoms with E-state index in [9.17, 15) is 0 Å². The Labute approximate surface area is 149 Å². The molecule has 3 rings (SSSR count). The van der Waals surface area contributed by atoms with Crippen LogP contribution in [0.1, 0.15) is 41.2 Å². The Kier molecular flexibility index (Phi) is 5.20. The molecule has 0 aliphatic carbocycles. The molecule has 24 heavy (non-hydrogen) atoms. The first kappa shape index (κ1) is 17.0. The van der Waals surface area contributed by atoms with E-state index in [1.54, 1.807) is 0 Å². The van der Waals surface area contributed by atoms with Crippen molar-refractivity contribution in [3.63, 3.8) is 0 Å². The minimum Gasteiger partial charge on any atom is -0.144 e. The monoisotopic (exact) mass is 334 g/mol. The maximum absolute atomic E-state index is 4.02. The molecule has 0 atom stereocenters. The lowest BCUT2D eigenvalue weighted by Gasteiger charge is -2.07. The van der Waals surface area contributed by atoms with Crippen molar-refractivity contribution >= 4 is 21.4 Å². The van der Waals surface area contributed by atoms with E-state index in [1.807, 2.05) is 11.3 Å². The van der Waals surface area contributed by atoms with Gasteiger partial charge in [-0.25, -0.2) is 0 Å². The van der Waals surface area contributed by atoms with E-state index in [0.29, 0.717) is 0 Å². The fourth-order valence-electron chi connectivity index (χ4n) is 3.23. The molecule has 0 unspecified atom stereocenters. The van der Waals surface area contributed by atoms with Gasteiger partial charge in [-0.05, 0) is 85.5 Å². The molecular formula is C23H26S. The van der Waals surface area contributed by atoms with Crippen molar-refractivity contribution in [2.75, 3.05) is 0 Å². The van der Waals surface area contributed by atoms with Crippen LogP contribution in [-0.2, 0) is 19.3 Å². The van der Waals surface area contributed by atoms with Crippen LogP contribution in [0, 0.1) is 13.8 Å². The average molecular weight is 335 g/mol. The minimum atomic E-state index is 1.08. The lowest BCUT2D eigenvalue weighted by Crippen LogP contribution is -1.94. The van der Waals surface area contributed by atoms with Crippen molar-refractivity contribution in [3.05, 3.63) is 81.7 Å². The van der Waals surface area contributed by atoms with E-state index < -0.39 is 0 Å². The summed E-state index contributed by atoms with van der Waals surface area (Å²) < 4.78 is 1.42. The molecule has 0 aliphatic heterocycles. The van der Waals surface area contributed by atoms with E-state index in [2.05, 4.69) is 69.1 Å². The molecule has 1 heterocycles. The van der Waals surface area contributed by atoms with Crippen LogP contribution in [0.5, 0.6) is 0 Å². The fourth-order valence-corrected chi connectivity index (χ4v) is 4.29. The molecule has 0 spiro atoms. The maximum Gasteiger partial charge on any atom is 0.0348 e. The summed E-state index contributed by atoms with van der Waals surface area (Å²) in [6, 6.07) is 13.8. The summed E-state index contributed by atoms with van der Waals surface area (Å²) in [5.41, 5.74) is 8.40. The van der Waals surface area contributed by atoms with Gasteiger partial charge >= 0.3 is 0 Å². The number of rotatable bonds is 6. The summed E-state index contributed by atoms with van der Waals surface area (Å²) in [4.78, 5) is 0. The molecule has 0 bridgehead atoms. The second kappa shape index (κ2) is 7.36. The molecule has 0 amide bonds. The van der Waals surface area contributed by atoms with Crippen LogP contribution >= 0.6 is 11.3 Å². The van der Waals surface area contributed by atoms with Gasteiger partial charge in [0.1, 0.15) is 0 Å². The van der Waals surface area contributed by atoms with Gasteiger partial charge in [-0.2, -0.15) is 0 Å². The Bertz CT molecular complexity index is 867. The number of hydrogen-bond acceptors (Lipinski definition) is 1. The standard InChI is InChI=1S/C23H26S/c1-16(2)5-9-21-15-24-23-14-19(8-12-22(21)23)7-11-20-10-6-17(3)13-18(20)4/h6,8,10,12-15H,1,5,7,9,11H2,2-4H3. The SMILES string of the molecule is C=C(C)CCc1csc2cc(CCc3ccc(C)cc3C)ccc12. The van der Waals surface area contributed by atoms with Gasteiger partial charge in [0.15, 0.2) is 0 Å². The highest BCUT2D eigenvalue weighted by molar-refractivity contribution is 7.17. The molecule has 1 aromatic heterocycles. The molecule has 2 aromatic carbocycles. The minimum absolute atomic E-state index is 1.08. The molecule has 0 fully saturated rings. The molecule has 0 radical (unpaired) electrons. The van der Waals surface area contributed by atoms with E-state index in [1.165, 1.54) is 43.5 Å². The normalized spacial score (nSPS) is 11.1. The van der Waals surface area contributed by atoms with Gasteiger partial charge in [0.2, 0.25) is 0 Å². The number of benzene rings is 2. The average Bonchev–Trinajstić information content (AvgIpc) is 2.94. The van der Waals surface area contributed by atoms with E-state index >= 15 is 0 Å². The highest BCUT2D eigenvalue weighted by Crippen LogP contribution is 2.29. The zero-order valence-corrected chi connectivity index (χ0v) is 15.8. The third-order valence-corrected chi connectivity index (χ3v) is 5.72. The van der Waals surface area contributed by atoms with Gasteiger partial charge in [0, 0.05) is 4.70 Å². The second-order valence-electron chi connectivity index (χ2n) is 6.98. The predicted octanol–water partition coefficient (Wildman–Crippen LogP) is 6.81. The molecule has 0 aliphatic rings. The Balaban J connectivity index is 1.73. The van der Waals surface area contributed by atoms with Crippen LogP contribution in [0.3, 0.4) is 0 Å². The molecule has 0 saturated heterocycles. The first-order valence-electron chi connectivity index (χ1n) is 8.72. The number of hydrogen-bond donors (Lipinski definition) is 0. The Morgan fingerprint density at radius 3 is 2.54 bits per heavy atom. The van der Waals surface area contributed by atoms with Crippen LogP contribution < -0.4 is 0 Å².